The number of hydrogen-bond donors (Lipinski definition) is 1. The number of hydrogen-bond acceptors (Lipinski definition) is 7. The number of anilines is 1. The molecule has 1 amide bonds. The molecule has 0 fully saturated rings. The first kappa shape index (κ1) is 25.0. The lowest BCUT2D eigenvalue weighted by molar-refractivity contribution is -0.119. The normalized spacial score (nSPS) is 11.2. The van der Waals surface area contributed by atoms with Crippen molar-refractivity contribution in [2.75, 3.05) is 37.4 Å². The van der Waals surface area contributed by atoms with E-state index in [2.05, 4.69) is 10.5 Å². The Labute approximate surface area is 189 Å². The Balaban J connectivity index is 2.07. The van der Waals surface area contributed by atoms with Crippen LogP contribution < -0.4 is 23.9 Å². The summed E-state index contributed by atoms with van der Waals surface area (Å²) in [5.41, 5.74) is 3.39. The second kappa shape index (κ2) is 11.9. The molecule has 0 aromatic heterocycles. The molecule has 0 saturated carbocycles. The number of methoxy groups -OCH3 is 1. The third-order valence-electron chi connectivity index (χ3n) is 4.18. The molecule has 2 aromatic carbocycles. The van der Waals surface area contributed by atoms with Gasteiger partial charge in [0.2, 0.25) is 10.0 Å². The average molecular weight is 464 g/mol. The van der Waals surface area contributed by atoms with E-state index in [1.165, 1.54) is 13.3 Å². The van der Waals surface area contributed by atoms with Gasteiger partial charge < -0.3 is 14.2 Å². The summed E-state index contributed by atoms with van der Waals surface area (Å²) in [4.78, 5) is 12.3. The number of benzene rings is 2. The standard InChI is InChI=1S/C22H29N3O6S/c1-5-13-31-20-12-7-17(14-21(20)30-6-2)15-23-24-22(26)16-25(32(4,27)28)18-8-10-19(29-3)11-9-18/h7-12,14-15H,5-6,13,16H2,1-4H3,(H,24,26)/b23-15-. The predicted molar refractivity (Wildman–Crippen MR) is 124 cm³/mol. The van der Waals surface area contributed by atoms with Crippen LogP contribution in [-0.4, -0.2) is 53.7 Å². The molecule has 0 spiro atoms. The maximum atomic E-state index is 12.3. The van der Waals surface area contributed by atoms with Crippen molar-refractivity contribution < 1.29 is 27.4 Å². The number of ether oxygens (including phenoxy) is 3. The van der Waals surface area contributed by atoms with Gasteiger partial charge in [-0.2, -0.15) is 5.10 Å². The summed E-state index contributed by atoms with van der Waals surface area (Å²) in [7, 11) is -2.17. The minimum atomic E-state index is -3.68. The highest BCUT2D eigenvalue weighted by molar-refractivity contribution is 7.92. The maximum Gasteiger partial charge on any atom is 0.260 e. The molecule has 0 bridgehead atoms. The van der Waals surface area contributed by atoms with Gasteiger partial charge in [0.1, 0.15) is 12.3 Å². The molecule has 0 saturated heterocycles. The van der Waals surface area contributed by atoms with E-state index < -0.39 is 22.5 Å². The molecule has 2 aromatic rings. The van der Waals surface area contributed by atoms with E-state index in [4.69, 9.17) is 14.2 Å². The molecule has 32 heavy (non-hydrogen) atoms. The zero-order valence-corrected chi connectivity index (χ0v) is 19.5. The van der Waals surface area contributed by atoms with Crippen LogP contribution >= 0.6 is 0 Å². The molecule has 0 radical (unpaired) electrons. The largest absolute Gasteiger partial charge is 0.497 e. The number of carbonyl (C=O) groups is 1. The average Bonchev–Trinajstić information content (AvgIpc) is 2.76. The van der Waals surface area contributed by atoms with Crippen LogP contribution in [0, 0.1) is 0 Å². The van der Waals surface area contributed by atoms with Gasteiger partial charge in [-0.3, -0.25) is 9.10 Å². The molecule has 0 heterocycles. The summed E-state index contributed by atoms with van der Waals surface area (Å²) >= 11 is 0. The van der Waals surface area contributed by atoms with Crippen molar-refractivity contribution in [2.45, 2.75) is 20.3 Å². The molecule has 10 heteroatoms. The van der Waals surface area contributed by atoms with Crippen molar-refractivity contribution in [1.82, 2.24) is 5.43 Å². The number of rotatable bonds is 12. The van der Waals surface area contributed by atoms with E-state index in [1.54, 1.807) is 42.5 Å². The molecule has 0 unspecified atom stereocenters. The number of sulfonamides is 1. The Morgan fingerprint density at radius 3 is 2.41 bits per heavy atom. The van der Waals surface area contributed by atoms with Crippen LogP contribution in [0.3, 0.4) is 0 Å². The number of carbonyl (C=O) groups excluding carboxylic acids is 1. The highest BCUT2D eigenvalue weighted by atomic mass is 32.2. The van der Waals surface area contributed by atoms with Crippen LogP contribution in [0.1, 0.15) is 25.8 Å². The predicted octanol–water partition coefficient (Wildman–Crippen LogP) is 2.80. The fourth-order valence-corrected chi connectivity index (χ4v) is 3.55. The highest BCUT2D eigenvalue weighted by Gasteiger charge is 2.20. The van der Waals surface area contributed by atoms with Crippen LogP contribution in [-0.2, 0) is 14.8 Å². The van der Waals surface area contributed by atoms with Gasteiger partial charge in [0.15, 0.2) is 11.5 Å². The Morgan fingerprint density at radius 2 is 1.81 bits per heavy atom. The molecule has 1 N–H and O–H groups in total. The molecular weight excluding hydrogens is 434 g/mol. The lowest BCUT2D eigenvalue weighted by Gasteiger charge is -2.21. The van der Waals surface area contributed by atoms with E-state index in [0.29, 0.717) is 41.7 Å². The summed E-state index contributed by atoms with van der Waals surface area (Å²) in [6.45, 7) is 4.53. The number of amides is 1. The first-order valence-electron chi connectivity index (χ1n) is 10.1. The third kappa shape index (κ3) is 7.45. The van der Waals surface area contributed by atoms with Crippen LogP contribution in [0.5, 0.6) is 17.2 Å². The number of nitrogens with zero attached hydrogens (tertiary/aromatic N) is 2. The quantitative estimate of drug-likeness (QED) is 0.383. The molecule has 0 aliphatic rings. The molecule has 9 nitrogen and oxygen atoms in total. The SMILES string of the molecule is CCCOc1ccc(/C=N\NC(=O)CN(c2ccc(OC)cc2)S(C)(=O)=O)cc1OCC. The van der Waals surface area contributed by atoms with Gasteiger partial charge in [0, 0.05) is 0 Å². The van der Waals surface area contributed by atoms with Crippen molar-refractivity contribution in [3.8, 4) is 17.2 Å². The van der Waals surface area contributed by atoms with Gasteiger partial charge in [0.25, 0.3) is 5.91 Å². The zero-order chi connectivity index (χ0) is 23.6. The Hall–Kier alpha value is -3.27. The first-order chi connectivity index (χ1) is 15.3. The topological polar surface area (TPSA) is 107 Å². The monoisotopic (exact) mass is 463 g/mol. The second-order valence-electron chi connectivity index (χ2n) is 6.75. The minimum absolute atomic E-state index is 0.344. The molecule has 0 atom stereocenters. The van der Waals surface area contributed by atoms with E-state index in [0.717, 1.165) is 17.0 Å². The van der Waals surface area contributed by atoms with Gasteiger partial charge in [-0.15, -0.1) is 0 Å². The van der Waals surface area contributed by atoms with Crippen molar-refractivity contribution >= 4 is 27.8 Å². The highest BCUT2D eigenvalue weighted by Crippen LogP contribution is 2.28. The molecule has 0 aliphatic heterocycles. The minimum Gasteiger partial charge on any atom is -0.497 e. The Kier molecular flexibility index (Phi) is 9.33. The summed E-state index contributed by atoms with van der Waals surface area (Å²) in [6, 6.07) is 11.7. The van der Waals surface area contributed by atoms with Gasteiger partial charge in [-0.1, -0.05) is 6.92 Å². The van der Waals surface area contributed by atoms with Crippen LogP contribution in [0.15, 0.2) is 47.6 Å². The number of nitrogens with one attached hydrogen (secondary N) is 1. The van der Waals surface area contributed by atoms with E-state index >= 15 is 0 Å². The molecule has 0 aliphatic carbocycles. The van der Waals surface area contributed by atoms with Gasteiger partial charge in [0.05, 0.1) is 38.5 Å². The van der Waals surface area contributed by atoms with Gasteiger partial charge >= 0.3 is 0 Å². The lowest BCUT2D eigenvalue weighted by atomic mass is 10.2. The smallest absolute Gasteiger partial charge is 0.260 e. The summed E-state index contributed by atoms with van der Waals surface area (Å²) in [6.07, 6.45) is 3.36. The van der Waals surface area contributed by atoms with E-state index in [1.807, 2.05) is 13.8 Å². The molecule has 174 valence electrons. The zero-order valence-electron chi connectivity index (χ0n) is 18.7. The Bertz CT molecular complexity index is 1020. The summed E-state index contributed by atoms with van der Waals surface area (Å²) < 4.78 is 41.7. The number of hydrazone groups is 1. The summed E-state index contributed by atoms with van der Waals surface area (Å²) in [5.74, 6) is 1.21. The molecular formula is C22H29N3O6S. The maximum absolute atomic E-state index is 12.3. The second-order valence-corrected chi connectivity index (χ2v) is 8.66. The fraction of sp³-hybridized carbons (Fsp3) is 0.364. The third-order valence-corrected chi connectivity index (χ3v) is 5.32. The Morgan fingerprint density at radius 1 is 1.09 bits per heavy atom. The molecule has 2 rings (SSSR count). The fourth-order valence-electron chi connectivity index (χ4n) is 2.70. The first-order valence-corrected chi connectivity index (χ1v) is 12.0. The van der Waals surface area contributed by atoms with Crippen molar-refractivity contribution in [3.05, 3.63) is 48.0 Å². The van der Waals surface area contributed by atoms with Crippen LogP contribution in [0.4, 0.5) is 5.69 Å². The van der Waals surface area contributed by atoms with E-state index in [9.17, 15) is 13.2 Å². The summed E-state index contributed by atoms with van der Waals surface area (Å²) in [5, 5.41) is 3.93. The van der Waals surface area contributed by atoms with Gasteiger partial charge in [-0.05, 0) is 61.4 Å². The van der Waals surface area contributed by atoms with E-state index in [-0.39, 0.29) is 0 Å². The van der Waals surface area contributed by atoms with Crippen LogP contribution in [0.25, 0.3) is 0 Å². The van der Waals surface area contributed by atoms with Crippen molar-refractivity contribution in [3.63, 3.8) is 0 Å². The van der Waals surface area contributed by atoms with Crippen molar-refractivity contribution in [1.29, 1.82) is 0 Å². The van der Waals surface area contributed by atoms with Gasteiger partial charge in [-0.25, -0.2) is 13.8 Å². The van der Waals surface area contributed by atoms with Crippen molar-refractivity contribution in [2.24, 2.45) is 5.10 Å². The lowest BCUT2D eigenvalue weighted by Crippen LogP contribution is -2.39. The van der Waals surface area contributed by atoms with Crippen LogP contribution in [0.2, 0.25) is 0 Å².